The Morgan fingerprint density at radius 3 is 1.86 bits per heavy atom. The van der Waals surface area contributed by atoms with Gasteiger partial charge in [-0.15, -0.1) is 23.5 Å². The number of Topliss-reactive ketones (excluding diaryl/α,β-unsaturated/α-hetero) is 1. The van der Waals surface area contributed by atoms with Crippen molar-refractivity contribution < 1.29 is 38.0 Å². The molecular weight excluding hydrogens is 527 g/mol. The van der Waals surface area contributed by atoms with Crippen LogP contribution in [0.4, 0.5) is 0 Å². The lowest BCUT2D eigenvalue weighted by molar-refractivity contribution is -0.140. The molecule has 3 rings (SSSR count). The molecule has 10 nitrogen and oxygen atoms in total. The molecule has 0 aromatic rings. The summed E-state index contributed by atoms with van der Waals surface area (Å²) < 4.78 is 24.8. The molecule has 13 heteroatoms. The van der Waals surface area contributed by atoms with Crippen LogP contribution in [0.2, 0.25) is 0 Å². The van der Waals surface area contributed by atoms with Gasteiger partial charge in [-0.3, -0.25) is 33.8 Å². The van der Waals surface area contributed by atoms with Gasteiger partial charge in [-0.05, 0) is 6.42 Å². The number of ketones is 1. The first-order valence-corrected chi connectivity index (χ1v) is 16.8. The lowest BCUT2D eigenvalue weighted by Crippen LogP contribution is -2.35. The Bertz CT molecular complexity index is 845. The van der Waals surface area contributed by atoms with Gasteiger partial charge in [-0.25, -0.2) is 0 Å². The second-order valence-electron chi connectivity index (χ2n) is 9.05. The zero-order valence-corrected chi connectivity index (χ0v) is 23.2. The number of fused-ring (bicyclic) bond motifs is 4. The molecule has 0 aromatic heterocycles. The van der Waals surface area contributed by atoms with Gasteiger partial charge in [0.1, 0.15) is 5.78 Å². The van der Waals surface area contributed by atoms with Crippen molar-refractivity contribution in [2.24, 2.45) is 0 Å². The van der Waals surface area contributed by atoms with Crippen LogP contribution in [-0.2, 0) is 38.0 Å². The van der Waals surface area contributed by atoms with Gasteiger partial charge in [0, 0.05) is 49.3 Å². The number of carbonyl (C=O) groups is 5. The predicted molar refractivity (Wildman–Crippen MR) is 139 cm³/mol. The zero-order valence-electron chi connectivity index (χ0n) is 20.7. The number of thioether (sulfide) groups is 2. The summed E-state index contributed by atoms with van der Waals surface area (Å²) in [6, 6.07) is 0. The third-order valence-corrected chi connectivity index (χ3v) is 12.3. The smallest absolute Gasteiger partial charge is 0.242 e. The average molecular weight is 563 g/mol. The van der Waals surface area contributed by atoms with E-state index in [1.54, 1.807) is 6.92 Å². The molecule has 3 aliphatic rings. The normalized spacial score (nSPS) is 29.6. The Balaban J connectivity index is 1.63. The molecule has 0 radical (unpaired) electrons. The third kappa shape index (κ3) is 8.15. The van der Waals surface area contributed by atoms with Gasteiger partial charge in [-0.2, -0.15) is 0 Å². The maximum absolute atomic E-state index is 13.5. The maximum atomic E-state index is 13.5. The molecule has 3 aliphatic heterocycles. The van der Waals surface area contributed by atoms with Crippen LogP contribution in [0.25, 0.3) is 0 Å². The van der Waals surface area contributed by atoms with Gasteiger partial charge in [-0.1, -0.05) is 6.92 Å². The highest BCUT2D eigenvalue weighted by molar-refractivity contribution is 8.17. The minimum absolute atomic E-state index is 0.108. The van der Waals surface area contributed by atoms with E-state index in [-0.39, 0.29) is 81.8 Å². The highest BCUT2D eigenvalue weighted by Crippen LogP contribution is 2.46. The maximum Gasteiger partial charge on any atom is 0.242 e. The number of hydrogen-bond acceptors (Lipinski definition) is 10. The Kier molecular flexibility index (Phi) is 11.5. The van der Waals surface area contributed by atoms with Crippen LogP contribution in [0.5, 0.6) is 0 Å². The molecule has 0 aliphatic carbocycles. The van der Waals surface area contributed by atoms with Gasteiger partial charge in [0.15, 0.2) is 0 Å². The molecule has 2 atom stereocenters. The zero-order chi connectivity index (χ0) is 26.1. The number of rotatable bonds is 5. The lowest BCUT2D eigenvalue weighted by atomic mass is 10.2. The van der Waals surface area contributed by atoms with E-state index in [4.69, 9.17) is 9.47 Å². The molecule has 2 unspecified atom stereocenters. The predicted octanol–water partition coefficient (Wildman–Crippen LogP) is 1.83. The molecule has 3 fully saturated rings. The first-order chi connectivity index (χ1) is 17.2. The number of imide groups is 2. The van der Waals surface area contributed by atoms with E-state index in [0.29, 0.717) is 42.8 Å². The summed E-state index contributed by atoms with van der Waals surface area (Å²) in [5.74, 6) is -0.891. The van der Waals surface area contributed by atoms with Gasteiger partial charge >= 0.3 is 0 Å². The minimum Gasteiger partial charge on any atom is -0.379 e. The monoisotopic (exact) mass is 562 g/mol. The highest BCUT2D eigenvalue weighted by atomic mass is 32.2. The fourth-order valence-corrected chi connectivity index (χ4v) is 9.31. The van der Waals surface area contributed by atoms with Crippen molar-refractivity contribution in [1.82, 2.24) is 9.80 Å². The van der Waals surface area contributed by atoms with Gasteiger partial charge < -0.3 is 14.0 Å². The van der Waals surface area contributed by atoms with Crippen LogP contribution in [-0.4, -0.2) is 113 Å². The van der Waals surface area contributed by atoms with Crippen molar-refractivity contribution in [1.29, 1.82) is 0 Å². The second-order valence-corrected chi connectivity index (χ2v) is 15.3. The SMILES string of the molecule is CCC(=O)CCCP1(=O)CCOCCN2C(=O)CC(SCSC3CC(=O)N(CCOCC1)C3=O)C2=O. The van der Waals surface area contributed by atoms with E-state index in [1.165, 1.54) is 33.3 Å². The van der Waals surface area contributed by atoms with Gasteiger partial charge in [0.05, 0.1) is 57.2 Å². The van der Waals surface area contributed by atoms with Crippen molar-refractivity contribution in [2.75, 3.05) is 63.1 Å². The number of hydrogen-bond donors (Lipinski definition) is 0. The average Bonchev–Trinajstić information content (AvgIpc) is 3.27. The fourth-order valence-electron chi connectivity index (χ4n) is 4.29. The molecule has 36 heavy (non-hydrogen) atoms. The topological polar surface area (TPSA) is 127 Å². The van der Waals surface area contributed by atoms with Crippen LogP contribution in [0.3, 0.4) is 0 Å². The van der Waals surface area contributed by atoms with Gasteiger partial charge in [0.25, 0.3) is 0 Å². The molecule has 4 bridgehead atoms. The van der Waals surface area contributed by atoms with Crippen LogP contribution in [0.1, 0.15) is 39.0 Å². The summed E-state index contributed by atoms with van der Waals surface area (Å²) >= 11 is 2.64. The number of nitrogens with zero attached hydrogens (tertiary/aromatic N) is 2. The van der Waals surface area contributed by atoms with E-state index in [0.717, 1.165) is 0 Å². The van der Waals surface area contributed by atoms with Crippen molar-refractivity contribution >= 4 is 60.1 Å². The summed E-state index contributed by atoms with van der Waals surface area (Å²) in [5, 5.41) is -0.571. The van der Waals surface area contributed by atoms with Crippen LogP contribution in [0, 0.1) is 0 Å². The molecule has 0 N–H and O–H groups in total. The van der Waals surface area contributed by atoms with Crippen molar-refractivity contribution in [2.45, 2.75) is 49.5 Å². The molecule has 3 heterocycles. The van der Waals surface area contributed by atoms with E-state index in [9.17, 15) is 28.5 Å². The fraction of sp³-hybridized carbons (Fsp3) is 0.783. The first-order valence-electron chi connectivity index (χ1n) is 12.4. The van der Waals surface area contributed by atoms with E-state index in [1.807, 2.05) is 0 Å². The summed E-state index contributed by atoms with van der Waals surface area (Å²) in [7, 11) is -2.68. The van der Waals surface area contributed by atoms with Crippen LogP contribution >= 0.6 is 30.7 Å². The summed E-state index contributed by atoms with van der Waals surface area (Å²) in [6.45, 7) is 2.88. The van der Waals surface area contributed by atoms with Crippen molar-refractivity contribution in [3.8, 4) is 0 Å². The molecule has 202 valence electrons. The van der Waals surface area contributed by atoms with E-state index in [2.05, 4.69) is 0 Å². The highest BCUT2D eigenvalue weighted by Gasteiger charge is 2.41. The number of ether oxygens (including phenoxy) is 2. The first kappa shape index (κ1) is 29.4. The summed E-state index contributed by atoms with van der Waals surface area (Å²) in [6.07, 6.45) is 2.65. The third-order valence-electron chi connectivity index (χ3n) is 6.56. The molecular formula is C23H35N2O8PS2. The largest absolute Gasteiger partial charge is 0.379 e. The Morgan fingerprint density at radius 2 is 1.39 bits per heavy atom. The molecule has 3 saturated heterocycles. The summed E-state index contributed by atoms with van der Waals surface area (Å²) in [5.41, 5.74) is 0. The van der Waals surface area contributed by atoms with E-state index < -0.39 is 17.6 Å². The Hall–Kier alpha value is -1.20. The minimum atomic E-state index is -2.68. The Morgan fingerprint density at radius 1 is 0.889 bits per heavy atom. The molecule has 4 amide bonds. The quantitative estimate of drug-likeness (QED) is 0.362. The Labute approximate surface area is 220 Å². The van der Waals surface area contributed by atoms with Crippen LogP contribution in [0.15, 0.2) is 0 Å². The summed E-state index contributed by atoms with van der Waals surface area (Å²) in [4.78, 5) is 64.1. The lowest BCUT2D eigenvalue weighted by Gasteiger charge is -2.20. The van der Waals surface area contributed by atoms with Gasteiger partial charge in [0.2, 0.25) is 23.6 Å². The molecule has 0 aromatic carbocycles. The second kappa shape index (κ2) is 14.1. The molecule has 0 saturated carbocycles. The molecule has 0 spiro atoms. The van der Waals surface area contributed by atoms with Crippen LogP contribution < -0.4 is 0 Å². The standard InChI is InChI=1S/C23H35N2O8PS2/c1-2-17(26)4-3-11-34(31)12-9-32-7-5-24-20(27)14-18(22(24)29)35-16-36-19-15-21(28)25(23(19)30)6-8-33-10-13-34/h18-19H,2-16H2,1H3. The van der Waals surface area contributed by atoms with Crippen molar-refractivity contribution in [3.05, 3.63) is 0 Å². The van der Waals surface area contributed by atoms with E-state index >= 15 is 0 Å². The van der Waals surface area contributed by atoms with Crippen molar-refractivity contribution in [3.63, 3.8) is 0 Å². The number of carbonyl (C=O) groups excluding carboxylic acids is 5. The number of amides is 4.